The van der Waals surface area contributed by atoms with E-state index in [0.29, 0.717) is 5.69 Å². The molecule has 19 heavy (non-hydrogen) atoms. The van der Waals surface area contributed by atoms with Gasteiger partial charge in [0.05, 0.1) is 12.2 Å². The first-order chi connectivity index (χ1) is 9.16. The van der Waals surface area contributed by atoms with Gasteiger partial charge in [0.2, 0.25) is 0 Å². The third-order valence-electron chi connectivity index (χ3n) is 2.30. The number of carboxylic acid groups (broad SMARTS) is 1. The van der Waals surface area contributed by atoms with E-state index in [1.807, 2.05) is 0 Å². The van der Waals surface area contributed by atoms with Crippen molar-refractivity contribution < 1.29 is 14.7 Å². The molecule has 1 amide bonds. The Morgan fingerprint density at radius 2 is 2.11 bits per heavy atom. The maximum atomic E-state index is 11.8. The van der Waals surface area contributed by atoms with Crippen molar-refractivity contribution in [3.05, 3.63) is 53.6 Å². The van der Waals surface area contributed by atoms with Crippen LogP contribution in [0.5, 0.6) is 0 Å². The lowest BCUT2D eigenvalue weighted by molar-refractivity contribution is 0.0690. The summed E-state index contributed by atoms with van der Waals surface area (Å²) in [5.74, 6) is -1.57. The largest absolute Gasteiger partial charge is 0.477 e. The van der Waals surface area contributed by atoms with Gasteiger partial charge in [-0.1, -0.05) is 0 Å². The molecule has 0 saturated heterocycles. The van der Waals surface area contributed by atoms with Crippen LogP contribution in [-0.4, -0.2) is 32.2 Å². The Morgan fingerprint density at radius 1 is 1.26 bits per heavy atom. The number of pyridine rings is 1. The Morgan fingerprint density at radius 3 is 2.79 bits per heavy atom. The normalized spacial score (nSPS) is 9.89. The van der Waals surface area contributed by atoms with Gasteiger partial charge in [0, 0.05) is 18.0 Å². The summed E-state index contributed by atoms with van der Waals surface area (Å²) in [4.78, 5) is 26.2. The average molecular weight is 258 g/mol. The van der Waals surface area contributed by atoms with E-state index in [-0.39, 0.29) is 17.8 Å². The molecule has 7 nitrogen and oxygen atoms in total. The molecule has 2 rings (SSSR count). The third-order valence-corrected chi connectivity index (χ3v) is 2.30. The van der Waals surface area contributed by atoms with Crippen molar-refractivity contribution >= 4 is 11.9 Å². The Balaban J connectivity index is 2.04. The highest BCUT2D eigenvalue weighted by Gasteiger charge is 2.10. The van der Waals surface area contributed by atoms with Gasteiger partial charge < -0.3 is 10.4 Å². The second kappa shape index (κ2) is 5.67. The highest BCUT2D eigenvalue weighted by Crippen LogP contribution is 2.02. The minimum atomic E-state index is -1.18. The van der Waals surface area contributed by atoms with Crippen molar-refractivity contribution in [3.8, 4) is 0 Å². The predicted molar refractivity (Wildman–Crippen MR) is 64.4 cm³/mol. The minimum Gasteiger partial charge on any atom is -0.477 e. The lowest BCUT2D eigenvalue weighted by Crippen LogP contribution is -2.23. The fourth-order valence-electron chi connectivity index (χ4n) is 1.39. The highest BCUT2D eigenvalue weighted by molar-refractivity contribution is 5.96. The van der Waals surface area contributed by atoms with E-state index < -0.39 is 11.9 Å². The van der Waals surface area contributed by atoms with Crippen molar-refractivity contribution in [3.63, 3.8) is 0 Å². The molecule has 0 saturated carbocycles. The molecule has 0 aliphatic rings. The first kappa shape index (κ1) is 12.6. The van der Waals surface area contributed by atoms with Gasteiger partial charge in [-0.05, 0) is 24.3 Å². The SMILES string of the molecule is O=C(NCc1cccnn1)c1ccnc(C(=O)O)c1. The summed E-state index contributed by atoms with van der Waals surface area (Å²) in [5, 5.41) is 18.9. The summed E-state index contributed by atoms with van der Waals surface area (Å²) in [6, 6.07) is 6.10. The molecule has 96 valence electrons. The summed E-state index contributed by atoms with van der Waals surface area (Å²) >= 11 is 0. The first-order valence-corrected chi connectivity index (χ1v) is 5.41. The van der Waals surface area contributed by atoms with E-state index in [1.165, 1.54) is 24.5 Å². The van der Waals surface area contributed by atoms with Crippen molar-refractivity contribution in [2.75, 3.05) is 0 Å². The van der Waals surface area contributed by atoms with Gasteiger partial charge in [0.25, 0.3) is 5.91 Å². The topological polar surface area (TPSA) is 105 Å². The molecule has 0 bridgehead atoms. The van der Waals surface area contributed by atoms with Crippen LogP contribution in [0.2, 0.25) is 0 Å². The molecule has 0 radical (unpaired) electrons. The Hall–Kier alpha value is -2.83. The molecule has 2 aromatic heterocycles. The van der Waals surface area contributed by atoms with E-state index in [0.717, 1.165) is 0 Å². The number of aromatic carboxylic acids is 1. The Labute approximate surface area is 108 Å². The molecule has 0 fully saturated rings. The summed E-state index contributed by atoms with van der Waals surface area (Å²) in [5.41, 5.74) is 0.673. The quantitative estimate of drug-likeness (QED) is 0.827. The van der Waals surface area contributed by atoms with Crippen LogP contribution < -0.4 is 5.32 Å². The smallest absolute Gasteiger partial charge is 0.354 e. The molecule has 0 atom stereocenters. The number of hydrogen-bond donors (Lipinski definition) is 2. The molecule has 2 heterocycles. The van der Waals surface area contributed by atoms with E-state index in [4.69, 9.17) is 5.11 Å². The van der Waals surface area contributed by atoms with Crippen molar-refractivity contribution in [1.29, 1.82) is 0 Å². The number of amides is 1. The predicted octanol–water partition coefficient (Wildman–Crippen LogP) is 0.500. The van der Waals surface area contributed by atoms with Gasteiger partial charge in [0.15, 0.2) is 0 Å². The molecular formula is C12H10N4O3. The molecule has 2 N–H and O–H groups in total. The standard InChI is InChI=1S/C12H10N4O3/c17-11(14-7-9-2-1-4-15-16-9)8-3-5-13-10(6-8)12(18)19/h1-6H,7H2,(H,14,17)(H,18,19). The molecule has 0 aliphatic heterocycles. The first-order valence-electron chi connectivity index (χ1n) is 5.41. The minimum absolute atomic E-state index is 0.174. The number of rotatable bonds is 4. The molecule has 0 unspecified atom stereocenters. The molecular weight excluding hydrogens is 248 g/mol. The zero-order chi connectivity index (χ0) is 13.7. The number of nitrogens with zero attached hydrogens (tertiary/aromatic N) is 3. The van der Waals surface area contributed by atoms with Crippen LogP contribution in [-0.2, 0) is 6.54 Å². The van der Waals surface area contributed by atoms with Gasteiger partial charge in [-0.25, -0.2) is 9.78 Å². The number of carboxylic acids is 1. The number of aromatic nitrogens is 3. The second-order valence-corrected chi connectivity index (χ2v) is 3.63. The van der Waals surface area contributed by atoms with Crippen LogP contribution in [0.4, 0.5) is 0 Å². The maximum Gasteiger partial charge on any atom is 0.354 e. The fourth-order valence-corrected chi connectivity index (χ4v) is 1.39. The van der Waals surface area contributed by atoms with E-state index in [2.05, 4.69) is 20.5 Å². The number of carbonyl (C=O) groups excluding carboxylic acids is 1. The van der Waals surface area contributed by atoms with E-state index in [9.17, 15) is 9.59 Å². The second-order valence-electron chi connectivity index (χ2n) is 3.63. The Bertz CT molecular complexity index is 601. The summed E-state index contributed by atoms with van der Waals surface area (Å²) in [7, 11) is 0. The van der Waals surface area contributed by atoms with Crippen LogP contribution in [0.3, 0.4) is 0 Å². The lowest BCUT2D eigenvalue weighted by Gasteiger charge is -2.04. The zero-order valence-electron chi connectivity index (χ0n) is 9.78. The highest BCUT2D eigenvalue weighted by atomic mass is 16.4. The maximum absolute atomic E-state index is 11.8. The summed E-state index contributed by atoms with van der Waals surface area (Å²) in [6.07, 6.45) is 2.81. The van der Waals surface area contributed by atoms with E-state index in [1.54, 1.807) is 12.1 Å². The number of carbonyl (C=O) groups is 2. The molecule has 7 heteroatoms. The third kappa shape index (κ3) is 3.32. The lowest BCUT2D eigenvalue weighted by atomic mass is 10.2. The number of hydrogen-bond acceptors (Lipinski definition) is 5. The van der Waals surface area contributed by atoms with Gasteiger partial charge in [0.1, 0.15) is 5.69 Å². The van der Waals surface area contributed by atoms with Gasteiger partial charge in [-0.15, -0.1) is 0 Å². The van der Waals surface area contributed by atoms with Crippen LogP contribution >= 0.6 is 0 Å². The van der Waals surface area contributed by atoms with Crippen molar-refractivity contribution in [2.24, 2.45) is 0 Å². The fraction of sp³-hybridized carbons (Fsp3) is 0.0833. The van der Waals surface area contributed by atoms with Gasteiger partial charge in [-0.3, -0.25) is 4.79 Å². The monoisotopic (exact) mass is 258 g/mol. The molecule has 0 aromatic carbocycles. The zero-order valence-corrected chi connectivity index (χ0v) is 9.78. The average Bonchev–Trinajstić information content (AvgIpc) is 2.46. The molecule has 0 spiro atoms. The van der Waals surface area contributed by atoms with Crippen molar-refractivity contribution in [1.82, 2.24) is 20.5 Å². The van der Waals surface area contributed by atoms with Gasteiger partial charge in [-0.2, -0.15) is 10.2 Å². The molecule has 2 aromatic rings. The summed E-state index contributed by atoms with van der Waals surface area (Å²) in [6.45, 7) is 0.220. The van der Waals surface area contributed by atoms with Gasteiger partial charge >= 0.3 is 5.97 Å². The number of nitrogens with one attached hydrogen (secondary N) is 1. The molecule has 0 aliphatic carbocycles. The van der Waals surface area contributed by atoms with Crippen LogP contribution in [0.1, 0.15) is 26.5 Å². The van der Waals surface area contributed by atoms with E-state index >= 15 is 0 Å². The van der Waals surface area contributed by atoms with Crippen molar-refractivity contribution in [2.45, 2.75) is 6.54 Å². The Kier molecular flexibility index (Phi) is 3.77. The van der Waals surface area contributed by atoms with Crippen LogP contribution in [0.15, 0.2) is 36.7 Å². The van der Waals surface area contributed by atoms with Crippen LogP contribution in [0, 0.1) is 0 Å². The summed E-state index contributed by atoms with van der Waals surface area (Å²) < 4.78 is 0. The van der Waals surface area contributed by atoms with Crippen LogP contribution in [0.25, 0.3) is 0 Å².